The van der Waals surface area contributed by atoms with Crippen LogP contribution in [0.1, 0.15) is 37.3 Å². The molecule has 0 spiro atoms. The molecule has 0 aromatic heterocycles. The van der Waals surface area contributed by atoms with E-state index in [0.717, 1.165) is 28.8 Å². The molecule has 3 unspecified atom stereocenters. The Labute approximate surface area is 118 Å². The van der Waals surface area contributed by atoms with Crippen LogP contribution in [0.5, 0.6) is 5.75 Å². The number of fused-ring (bicyclic) bond motifs is 2. The molecule has 4 heteroatoms. The maximum Gasteiger partial charge on any atom is 0.262 e. The van der Waals surface area contributed by atoms with Crippen molar-refractivity contribution in [3.63, 3.8) is 0 Å². The number of amides is 1. The molecule has 2 fully saturated rings. The minimum absolute atomic E-state index is 0.0900. The summed E-state index contributed by atoms with van der Waals surface area (Å²) in [6, 6.07) is 6.05. The zero-order chi connectivity index (χ0) is 13.7. The lowest BCUT2D eigenvalue weighted by Crippen LogP contribution is -2.25. The van der Waals surface area contributed by atoms with Gasteiger partial charge in [0, 0.05) is 6.04 Å². The van der Waals surface area contributed by atoms with E-state index in [4.69, 9.17) is 10.5 Å². The summed E-state index contributed by atoms with van der Waals surface area (Å²) in [6.07, 6.45) is 5.40. The van der Waals surface area contributed by atoms with Gasteiger partial charge in [-0.1, -0.05) is 18.9 Å². The van der Waals surface area contributed by atoms with Crippen LogP contribution < -0.4 is 15.8 Å². The van der Waals surface area contributed by atoms with Gasteiger partial charge in [-0.3, -0.25) is 4.79 Å². The van der Waals surface area contributed by atoms with E-state index in [1.807, 2.05) is 18.2 Å². The van der Waals surface area contributed by atoms with Crippen LogP contribution in [0, 0.1) is 17.8 Å². The van der Waals surface area contributed by atoms with E-state index < -0.39 is 0 Å². The summed E-state index contributed by atoms with van der Waals surface area (Å²) in [5.74, 6) is 2.95. The number of nitrogens with two attached hydrogens (primary N) is 1. The highest BCUT2D eigenvalue weighted by molar-refractivity contribution is 5.95. The molecule has 3 aliphatic rings. The molecule has 0 bridgehead atoms. The van der Waals surface area contributed by atoms with Crippen LogP contribution in [0.15, 0.2) is 18.2 Å². The first-order valence-electron chi connectivity index (χ1n) is 7.56. The van der Waals surface area contributed by atoms with Gasteiger partial charge in [-0.15, -0.1) is 0 Å². The SMILES string of the molecule is NC(c1ccc2c(c1)NC(=O)CO2)C1C2CCCCC21. The fourth-order valence-corrected chi connectivity index (χ4v) is 4.11. The molecule has 20 heavy (non-hydrogen) atoms. The third-order valence-corrected chi connectivity index (χ3v) is 5.16. The van der Waals surface area contributed by atoms with Crippen molar-refractivity contribution in [2.75, 3.05) is 11.9 Å². The number of rotatable bonds is 2. The Balaban J connectivity index is 1.56. The maximum absolute atomic E-state index is 11.4. The van der Waals surface area contributed by atoms with Crippen LogP contribution in [0.2, 0.25) is 0 Å². The van der Waals surface area contributed by atoms with Gasteiger partial charge in [0.15, 0.2) is 6.61 Å². The third kappa shape index (κ3) is 1.90. The fourth-order valence-electron chi connectivity index (χ4n) is 4.11. The second kappa shape index (κ2) is 4.48. The van der Waals surface area contributed by atoms with Gasteiger partial charge in [0.2, 0.25) is 0 Å². The van der Waals surface area contributed by atoms with E-state index in [-0.39, 0.29) is 18.6 Å². The summed E-state index contributed by atoms with van der Waals surface area (Å²) >= 11 is 0. The number of nitrogens with one attached hydrogen (secondary N) is 1. The van der Waals surface area contributed by atoms with Gasteiger partial charge in [0.1, 0.15) is 5.75 Å². The zero-order valence-corrected chi connectivity index (χ0v) is 11.5. The van der Waals surface area contributed by atoms with E-state index in [1.165, 1.54) is 25.7 Å². The molecule has 1 aromatic rings. The van der Waals surface area contributed by atoms with Crippen molar-refractivity contribution >= 4 is 11.6 Å². The molecule has 0 saturated heterocycles. The van der Waals surface area contributed by atoms with Crippen LogP contribution >= 0.6 is 0 Å². The first kappa shape index (κ1) is 12.2. The summed E-state index contributed by atoms with van der Waals surface area (Å²) in [7, 11) is 0. The molecule has 4 nitrogen and oxygen atoms in total. The van der Waals surface area contributed by atoms with Crippen LogP contribution in [0.4, 0.5) is 5.69 Å². The minimum Gasteiger partial charge on any atom is -0.482 e. The Bertz CT molecular complexity index is 545. The second-order valence-electron chi connectivity index (χ2n) is 6.31. The number of carbonyl (C=O) groups is 1. The Morgan fingerprint density at radius 1 is 1.25 bits per heavy atom. The summed E-state index contributed by atoms with van der Waals surface area (Å²) in [4.78, 5) is 11.4. The summed E-state index contributed by atoms with van der Waals surface area (Å²) in [5, 5.41) is 2.86. The maximum atomic E-state index is 11.4. The lowest BCUT2D eigenvalue weighted by Gasteiger charge is -2.20. The number of benzene rings is 1. The smallest absolute Gasteiger partial charge is 0.262 e. The van der Waals surface area contributed by atoms with Crippen LogP contribution in [-0.2, 0) is 4.79 Å². The lowest BCUT2D eigenvalue weighted by atomic mass is 9.99. The number of hydrogen-bond donors (Lipinski definition) is 2. The molecule has 1 aromatic carbocycles. The Kier molecular flexibility index (Phi) is 2.74. The monoisotopic (exact) mass is 272 g/mol. The van der Waals surface area contributed by atoms with E-state index >= 15 is 0 Å². The van der Waals surface area contributed by atoms with Gasteiger partial charge in [-0.25, -0.2) is 0 Å². The standard InChI is InChI=1S/C16H20N2O2/c17-16(15-10-3-1-2-4-11(10)15)9-5-6-13-12(7-9)18-14(19)8-20-13/h5-7,10-11,15-16H,1-4,8,17H2,(H,18,19). The Morgan fingerprint density at radius 2 is 2.00 bits per heavy atom. The molecule has 106 valence electrons. The van der Waals surface area contributed by atoms with Crippen molar-refractivity contribution in [1.29, 1.82) is 0 Å². The highest BCUT2D eigenvalue weighted by Crippen LogP contribution is 2.59. The molecule has 0 radical (unpaired) electrons. The van der Waals surface area contributed by atoms with Crippen LogP contribution in [0.3, 0.4) is 0 Å². The first-order chi connectivity index (χ1) is 9.74. The molecule has 4 rings (SSSR count). The van der Waals surface area contributed by atoms with E-state index in [0.29, 0.717) is 5.92 Å². The van der Waals surface area contributed by atoms with Crippen LogP contribution in [-0.4, -0.2) is 12.5 Å². The predicted molar refractivity (Wildman–Crippen MR) is 76.4 cm³/mol. The largest absolute Gasteiger partial charge is 0.482 e. The number of carbonyl (C=O) groups excluding carboxylic acids is 1. The molecule has 3 N–H and O–H groups in total. The van der Waals surface area contributed by atoms with Gasteiger partial charge in [0.05, 0.1) is 5.69 Å². The summed E-state index contributed by atoms with van der Waals surface area (Å²) in [5.41, 5.74) is 8.36. The summed E-state index contributed by atoms with van der Waals surface area (Å²) in [6.45, 7) is 0.102. The van der Waals surface area contributed by atoms with E-state index in [1.54, 1.807) is 0 Å². The van der Waals surface area contributed by atoms with Crippen molar-refractivity contribution in [2.24, 2.45) is 23.5 Å². The third-order valence-electron chi connectivity index (χ3n) is 5.16. The lowest BCUT2D eigenvalue weighted by molar-refractivity contribution is -0.118. The highest BCUT2D eigenvalue weighted by atomic mass is 16.5. The predicted octanol–water partition coefficient (Wildman–Crippen LogP) is 2.45. The van der Waals surface area contributed by atoms with Gasteiger partial charge in [-0.05, 0) is 48.3 Å². The molecule has 1 amide bonds. The normalized spacial score (nSPS) is 32.5. The van der Waals surface area contributed by atoms with Crippen molar-refractivity contribution in [1.82, 2.24) is 0 Å². The molecule has 2 saturated carbocycles. The zero-order valence-electron chi connectivity index (χ0n) is 11.5. The van der Waals surface area contributed by atoms with Crippen molar-refractivity contribution in [3.05, 3.63) is 23.8 Å². The van der Waals surface area contributed by atoms with Gasteiger partial charge in [-0.2, -0.15) is 0 Å². The average Bonchev–Trinajstić information content (AvgIpc) is 3.20. The van der Waals surface area contributed by atoms with Crippen LogP contribution in [0.25, 0.3) is 0 Å². The second-order valence-corrected chi connectivity index (χ2v) is 6.31. The first-order valence-corrected chi connectivity index (χ1v) is 7.56. The van der Waals surface area contributed by atoms with Crippen molar-refractivity contribution in [3.8, 4) is 5.75 Å². The fraction of sp³-hybridized carbons (Fsp3) is 0.562. The van der Waals surface area contributed by atoms with Gasteiger partial charge >= 0.3 is 0 Å². The Hall–Kier alpha value is -1.55. The molecule has 1 aliphatic heterocycles. The number of anilines is 1. The molecule has 3 atom stereocenters. The van der Waals surface area contributed by atoms with E-state index in [2.05, 4.69) is 5.32 Å². The van der Waals surface area contributed by atoms with Crippen molar-refractivity contribution < 1.29 is 9.53 Å². The minimum atomic E-state index is -0.0942. The van der Waals surface area contributed by atoms with E-state index in [9.17, 15) is 4.79 Å². The Morgan fingerprint density at radius 3 is 2.75 bits per heavy atom. The number of ether oxygens (including phenoxy) is 1. The average molecular weight is 272 g/mol. The summed E-state index contributed by atoms with van der Waals surface area (Å²) < 4.78 is 5.39. The topological polar surface area (TPSA) is 64.3 Å². The van der Waals surface area contributed by atoms with Crippen molar-refractivity contribution in [2.45, 2.75) is 31.7 Å². The molecule has 2 aliphatic carbocycles. The quantitative estimate of drug-likeness (QED) is 0.869. The van der Waals surface area contributed by atoms with Gasteiger partial charge in [0.25, 0.3) is 5.91 Å². The number of hydrogen-bond acceptors (Lipinski definition) is 3. The highest BCUT2D eigenvalue weighted by Gasteiger charge is 2.53. The van der Waals surface area contributed by atoms with Gasteiger partial charge < -0.3 is 15.8 Å². The molecule has 1 heterocycles. The molecular weight excluding hydrogens is 252 g/mol. The molecular formula is C16H20N2O2.